The molecule has 9 heteroatoms. The van der Waals surface area contributed by atoms with Crippen LogP contribution in [0.1, 0.15) is 56.1 Å². The average molecular weight is 503 g/mol. The van der Waals surface area contributed by atoms with Crippen LogP contribution in [0.15, 0.2) is 36.4 Å². The van der Waals surface area contributed by atoms with Gasteiger partial charge in [-0.3, -0.25) is 4.79 Å². The van der Waals surface area contributed by atoms with Crippen LogP contribution in [0.25, 0.3) is 11.3 Å². The van der Waals surface area contributed by atoms with Crippen LogP contribution < -0.4 is 4.74 Å². The summed E-state index contributed by atoms with van der Waals surface area (Å²) in [7, 11) is -3.98. The van der Waals surface area contributed by atoms with Gasteiger partial charge in [-0.1, -0.05) is 31.2 Å². The van der Waals surface area contributed by atoms with Crippen LogP contribution in [0.3, 0.4) is 0 Å². The number of ether oxygens (including phenoxy) is 2. The van der Waals surface area contributed by atoms with Gasteiger partial charge in [0.2, 0.25) is 15.9 Å². The zero-order valence-electron chi connectivity index (χ0n) is 20.4. The zero-order valence-corrected chi connectivity index (χ0v) is 21.2. The average Bonchev–Trinajstić information content (AvgIpc) is 2.88. The van der Waals surface area contributed by atoms with E-state index >= 15 is 0 Å². The second-order valence-corrected chi connectivity index (χ2v) is 11.6. The number of sulfonamides is 1. The fourth-order valence-corrected chi connectivity index (χ4v) is 7.13. The van der Waals surface area contributed by atoms with E-state index in [2.05, 4.69) is 37.0 Å². The molecule has 1 N–H and O–H groups in total. The SMILES string of the molecule is CCCOc1cccc(-c2ccc(C3CCN(S(=O)(=O)C4(C(=O)O)CCOCC4)CC3)cc2C)n1. The summed E-state index contributed by atoms with van der Waals surface area (Å²) < 4.78 is 37.3. The maximum Gasteiger partial charge on any atom is 0.326 e. The van der Waals surface area contributed by atoms with Gasteiger partial charge in [-0.2, -0.15) is 0 Å². The van der Waals surface area contributed by atoms with E-state index < -0.39 is 20.7 Å². The van der Waals surface area contributed by atoms with Gasteiger partial charge in [0, 0.05) is 50.8 Å². The summed E-state index contributed by atoms with van der Waals surface area (Å²) in [6.45, 7) is 5.68. The topological polar surface area (TPSA) is 106 Å². The van der Waals surface area contributed by atoms with Crippen molar-refractivity contribution in [3.8, 4) is 17.1 Å². The van der Waals surface area contributed by atoms with E-state index in [1.54, 1.807) is 0 Å². The summed E-state index contributed by atoms with van der Waals surface area (Å²) in [5, 5.41) is 9.82. The summed E-state index contributed by atoms with van der Waals surface area (Å²) in [4.78, 5) is 16.7. The Morgan fingerprint density at radius 3 is 2.54 bits per heavy atom. The van der Waals surface area contributed by atoms with Gasteiger partial charge < -0.3 is 14.6 Å². The molecule has 0 amide bonds. The summed E-state index contributed by atoms with van der Waals surface area (Å²) in [6, 6.07) is 12.1. The highest BCUT2D eigenvalue weighted by Crippen LogP contribution is 2.37. The molecule has 0 spiro atoms. The van der Waals surface area contributed by atoms with E-state index in [-0.39, 0.29) is 32.0 Å². The molecule has 1 aromatic carbocycles. The minimum atomic E-state index is -3.98. The highest BCUT2D eigenvalue weighted by Gasteiger charge is 2.54. The molecule has 0 unspecified atom stereocenters. The van der Waals surface area contributed by atoms with Crippen LogP contribution in [0.5, 0.6) is 5.88 Å². The minimum absolute atomic E-state index is 0.00995. The molecule has 2 fully saturated rings. The lowest BCUT2D eigenvalue weighted by molar-refractivity contribution is -0.142. The van der Waals surface area contributed by atoms with Crippen molar-refractivity contribution < 1.29 is 27.8 Å². The Morgan fingerprint density at radius 2 is 1.91 bits per heavy atom. The highest BCUT2D eigenvalue weighted by atomic mass is 32.2. The predicted octanol–water partition coefficient (Wildman–Crippen LogP) is 3.99. The molecule has 8 nitrogen and oxygen atoms in total. The summed E-state index contributed by atoms with van der Waals surface area (Å²) in [5.41, 5.74) is 4.17. The van der Waals surface area contributed by atoms with Gasteiger partial charge in [0.15, 0.2) is 4.75 Å². The lowest BCUT2D eigenvalue weighted by Crippen LogP contribution is -2.57. The number of carboxylic acids is 1. The van der Waals surface area contributed by atoms with Crippen molar-refractivity contribution in [2.75, 3.05) is 32.9 Å². The first-order valence-corrected chi connectivity index (χ1v) is 13.7. The number of carbonyl (C=O) groups is 1. The molecule has 0 saturated carbocycles. The maximum atomic E-state index is 13.4. The van der Waals surface area contributed by atoms with Crippen molar-refractivity contribution in [2.45, 2.75) is 56.6 Å². The maximum absolute atomic E-state index is 13.4. The molecular formula is C26H34N2O6S. The van der Waals surface area contributed by atoms with Gasteiger partial charge in [0.05, 0.1) is 12.3 Å². The minimum Gasteiger partial charge on any atom is -0.480 e. The highest BCUT2D eigenvalue weighted by molar-refractivity contribution is 7.91. The van der Waals surface area contributed by atoms with Crippen molar-refractivity contribution in [3.63, 3.8) is 0 Å². The van der Waals surface area contributed by atoms with Crippen molar-refractivity contribution in [3.05, 3.63) is 47.5 Å². The summed E-state index contributed by atoms with van der Waals surface area (Å²) in [5.74, 6) is -0.436. The van der Waals surface area contributed by atoms with E-state index in [0.717, 1.165) is 23.2 Å². The number of aryl methyl sites for hydroxylation is 1. The monoisotopic (exact) mass is 502 g/mol. The number of benzene rings is 1. The summed E-state index contributed by atoms with van der Waals surface area (Å²) in [6.07, 6.45) is 2.21. The molecule has 2 saturated heterocycles. The molecule has 0 bridgehead atoms. The molecule has 1 aromatic heterocycles. The first kappa shape index (κ1) is 25.6. The molecular weight excluding hydrogens is 468 g/mol. The quantitative estimate of drug-likeness (QED) is 0.582. The lowest BCUT2D eigenvalue weighted by atomic mass is 9.88. The Morgan fingerprint density at radius 1 is 1.20 bits per heavy atom. The van der Waals surface area contributed by atoms with Gasteiger partial charge >= 0.3 is 5.97 Å². The fraction of sp³-hybridized carbons (Fsp3) is 0.538. The van der Waals surface area contributed by atoms with Crippen LogP contribution in [-0.4, -0.2) is 66.4 Å². The molecule has 35 heavy (non-hydrogen) atoms. The Labute approximate surface area is 207 Å². The third-order valence-electron chi connectivity index (χ3n) is 7.15. The molecule has 0 atom stereocenters. The van der Waals surface area contributed by atoms with Crippen molar-refractivity contribution in [2.24, 2.45) is 0 Å². The molecule has 2 aliphatic heterocycles. The number of nitrogens with zero attached hydrogens (tertiary/aromatic N) is 2. The zero-order chi connectivity index (χ0) is 25.1. The predicted molar refractivity (Wildman–Crippen MR) is 133 cm³/mol. The van der Waals surface area contributed by atoms with Crippen LogP contribution in [0, 0.1) is 6.92 Å². The summed E-state index contributed by atoms with van der Waals surface area (Å²) >= 11 is 0. The lowest BCUT2D eigenvalue weighted by Gasteiger charge is -2.39. The Balaban J connectivity index is 1.46. The van der Waals surface area contributed by atoms with Crippen LogP contribution in [0.2, 0.25) is 0 Å². The van der Waals surface area contributed by atoms with Crippen molar-refractivity contribution >= 4 is 16.0 Å². The normalized spacial score (nSPS) is 19.4. The van der Waals surface area contributed by atoms with E-state index in [4.69, 9.17) is 9.47 Å². The molecule has 2 aromatic rings. The second kappa shape index (κ2) is 10.6. The Hall–Kier alpha value is -2.49. The second-order valence-electron chi connectivity index (χ2n) is 9.37. The standard InChI is InChI=1S/C26H34N2O6S/c1-3-15-34-24-6-4-5-23(27-24)22-8-7-21(18-19(22)2)20-9-13-28(14-10-20)35(31,32)26(25(29)30)11-16-33-17-12-26/h4-8,18,20H,3,9-17H2,1-2H3,(H,29,30). The van der Waals surface area contributed by atoms with Gasteiger partial charge in [-0.25, -0.2) is 17.7 Å². The largest absolute Gasteiger partial charge is 0.480 e. The molecule has 4 rings (SSSR count). The molecule has 2 aliphatic rings. The fourth-order valence-electron chi connectivity index (χ4n) is 5.04. The van der Waals surface area contributed by atoms with Crippen LogP contribution in [-0.2, 0) is 19.6 Å². The van der Waals surface area contributed by atoms with E-state index in [9.17, 15) is 18.3 Å². The van der Waals surface area contributed by atoms with Gasteiger partial charge in [-0.15, -0.1) is 0 Å². The number of hydrogen-bond donors (Lipinski definition) is 1. The smallest absolute Gasteiger partial charge is 0.326 e. The van der Waals surface area contributed by atoms with Crippen molar-refractivity contribution in [1.82, 2.24) is 9.29 Å². The van der Waals surface area contributed by atoms with Crippen LogP contribution >= 0.6 is 0 Å². The van der Waals surface area contributed by atoms with Crippen molar-refractivity contribution in [1.29, 1.82) is 0 Å². The van der Waals surface area contributed by atoms with E-state index in [1.807, 2.05) is 18.2 Å². The number of carboxylic acid groups (broad SMARTS) is 1. The molecule has 190 valence electrons. The van der Waals surface area contributed by atoms with Crippen LogP contribution in [0.4, 0.5) is 0 Å². The number of rotatable bonds is 8. The number of pyridine rings is 1. The third-order valence-corrected chi connectivity index (χ3v) is 9.77. The van der Waals surface area contributed by atoms with E-state index in [1.165, 1.54) is 9.87 Å². The Bertz CT molecular complexity index is 1150. The Kier molecular flexibility index (Phi) is 7.78. The molecule has 0 aliphatic carbocycles. The third kappa shape index (κ3) is 5.08. The molecule has 3 heterocycles. The number of piperidine rings is 1. The number of aromatic nitrogens is 1. The van der Waals surface area contributed by atoms with E-state index in [0.29, 0.717) is 38.4 Å². The number of hydrogen-bond acceptors (Lipinski definition) is 6. The first-order chi connectivity index (χ1) is 16.8. The molecule has 0 radical (unpaired) electrons. The number of aliphatic carboxylic acids is 1. The van der Waals surface area contributed by atoms with Gasteiger partial charge in [-0.05, 0) is 49.3 Å². The first-order valence-electron chi connectivity index (χ1n) is 12.3. The van der Waals surface area contributed by atoms with Gasteiger partial charge in [0.25, 0.3) is 0 Å². The van der Waals surface area contributed by atoms with Gasteiger partial charge in [0.1, 0.15) is 0 Å².